The summed E-state index contributed by atoms with van der Waals surface area (Å²) in [4.78, 5) is 12.6. The maximum atomic E-state index is 11.5. The monoisotopic (exact) mass is 236 g/mol. The number of nitrogens with one attached hydrogen (secondary N) is 2. The molecule has 3 nitrogen and oxygen atoms in total. The van der Waals surface area contributed by atoms with Gasteiger partial charge >= 0.3 is 0 Å². The number of hydrogen-bond donors (Lipinski definition) is 2. The molecule has 1 fully saturated rings. The Hall–Kier alpha value is -1.13. The maximum absolute atomic E-state index is 11.5. The van der Waals surface area contributed by atoms with Crippen molar-refractivity contribution in [1.29, 1.82) is 0 Å². The molecule has 1 atom stereocenters. The van der Waals surface area contributed by atoms with Gasteiger partial charge in [0.15, 0.2) is 0 Å². The van der Waals surface area contributed by atoms with E-state index in [0.717, 1.165) is 30.9 Å². The van der Waals surface area contributed by atoms with E-state index in [1.807, 2.05) is 23.6 Å². The Morgan fingerprint density at radius 3 is 3.31 bits per heavy atom. The highest BCUT2D eigenvalue weighted by atomic mass is 32.1. The maximum Gasteiger partial charge on any atom is 0.244 e. The summed E-state index contributed by atoms with van der Waals surface area (Å²) in [6, 6.07) is 3.97. The Balaban J connectivity index is 1.71. The van der Waals surface area contributed by atoms with Crippen molar-refractivity contribution in [3.8, 4) is 0 Å². The lowest BCUT2D eigenvalue weighted by atomic mass is 10.1. The molecule has 1 saturated heterocycles. The first-order valence-electron chi connectivity index (χ1n) is 5.55. The van der Waals surface area contributed by atoms with Gasteiger partial charge in [0.1, 0.15) is 0 Å². The molecule has 86 valence electrons. The molecule has 2 N–H and O–H groups in total. The van der Waals surface area contributed by atoms with Gasteiger partial charge in [0.25, 0.3) is 0 Å². The standard InChI is InChI=1S/C12H16N2OS/c15-12(4-3-11-2-1-7-16-11)14-9-10-5-6-13-8-10/h1-4,7,10,13H,5-6,8-9H2,(H,14,15)/b4-3+. The second-order valence-electron chi connectivity index (χ2n) is 3.95. The largest absolute Gasteiger partial charge is 0.352 e. The first-order valence-corrected chi connectivity index (χ1v) is 6.43. The van der Waals surface area contributed by atoms with Gasteiger partial charge in [-0.15, -0.1) is 11.3 Å². The average Bonchev–Trinajstić information content (AvgIpc) is 2.96. The smallest absolute Gasteiger partial charge is 0.244 e. The van der Waals surface area contributed by atoms with E-state index in [0.29, 0.717) is 5.92 Å². The molecular weight excluding hydrogens is 220 g/mol. The number of rotatable bonds is 4. The number of amides is 1. The van der Waals surface area contributed by atoms with Crippen molar-refractivity contribution >= 4 is 23.3 Å². The molecule has 0 saturated carbocycles. The second-order valence-corrected chi connectivity index (χ2v) is 4.93. The molecule has 4 heteroatoms. The molecule has 0 aliphatic carbocycles. The van der Waals surface area contributed by atoms with Gasteiger partial charge in [-0.2, -0.15) is 0 Å². The summed E-state index contributed by atoms with van der Waals surface area (Å²) >= 11 is 1.63. The summed E-state index contributed by atoms with van der Waals surface area (Å²) < 4.78 is 0. The predicted octanol–water partition coefficient (Wildman–Crippen LogP) is 1.49. The highest BCUT2D eigenvalue weighted by molar-refractivity contribution is 7.10. The van der Waals surface area contributed by atoms with E-state index in [9.17, 15) is 4.79 Å². The first-order chi connectivity index (χ1) is 7.84. The van der Waals surface area contributed by atoms with Crippen molar-refractivity contribution in [2.45, 2.75) is 6.42 Å². The third kappa shape index (κ3) is 3.47. The summed E-state index contributed by atoms with van der Waals surface area (Å²) in [7, 11) is 0. The minimum Gasteiger partial charge on any atom is -0.352 e. The van der Waals surface area contributed by atoms with E-state index >= 15 is 0 Å². The molecule has 0 spiro atoms. The van der Waals surface area contributed by atoms with E-state index in [4.69, 9.17) is 0 Å². The normalized spacial score (nSPS) is 20.4. The number of hydrogen-bond acceptors (Lipinski definition) is 3. The topological polar surface area (TPSA) is 41.1 Å². The Bertz CT molecular complexity index is 353. The molecule has 1 amide bonds. The molecule has 0 bridgehead atoms. The fraction of sp³-hybridized carbons (Fsp3) is 0.417. The van der Waals surface area contributed by atoms with E-state index < -0.39 is 0 Å². The van der Waals surface area contributed by atoms with Gasteiger partial charge in [-0.1, -0.05) is 6.07 Å². The van der Waals surface area contributed by atoms with Crippen LogP contribution in [0.5, 0.6) is 0 Å². The third-order valence-corrected chi connectivity index (χ3v) is 3.51. The molecule has 1 aliphatic heterocycles. The Morgan fingerprint density at radius 2 is 2.62 bits per heavy atom. The third-order valence-electron chi connectivity index (χ3n) is 2.67. The Morgan fingerprint density at radius 1 is 1.69 bits per heavy atom. The average molecular weight is 236 g/mol. The van der Waals surface area contributed by atoms with Gasteiger partial charge < -0.3 is 10.6 Å². The summed E-state index contributed by atoms with van der Waals surface area (Å²) in [6.45, 7) is 2.88. The van der Waals surface area contributed by atoms with Gasteiger partial charge in [0.05, 0.1) is 0 Å². The lowest BCUT2D eigenvalue weighted by Gasteiger charge is -2.07. The van der Waals surface area contributed by atoms with E-state index in [-0.39, 0.29) is 5.91 Å². The highest BCUT2D eigenvalue weighted by Crippen LogP contribution is 2.10. The van der Waals surface area contributed by atoms with E-state index in [1.54, 1.807) is 17.4 Å². The van der Waals surface area contributed by atoms with E-state index in [1.165, 1.54) is 0 Å². The van der Waals surface area contributed by atoms with Crippen molar-refractivity contribution < 1.29 is 4.79 Å². The molecule has 16 heavy (non-hydrogen) atoms. The number of carbonyl (C=O) groups is 1. The quantitative estimate of drug-likeness (QED) is 0.778. The van der Waals surface area contributed by atoms with Crippen LogP contribution in [-0.2, 0) is 4.79 Å². The van der Waals surface area contributed by atoms with Crippen LogP contribution in [0.4, 0.5) is 0 Å². The zero-order valence-electron chi connectivity index (χ0n) is 9.11. The molecule has 1 aliphatic rings. The van der Waals surface area contributed by atoms with Crippen LogP contribution in [-0.4, -0.2) is 25.5 Å². The van der Waals surface area contributed by atoms with Crippen LogP contribution in [0.3, 0.4) is 0 Å². The van der Waals surface area contributed by atoms with Crippen LogP contribution in [0.2, 0.25) is 0 Å². The minimum absolute atomic E-state index is 0.000278. The first kappa shape index (κ1) is 11.4. The zero-order valence-corrected chi connectivity index (χ0v) is 9.93. The molecule has 2 heterocycles. The van der Waals surface area contributed by atoms with Gasteiger partial charge in [-0.25, -0.2) is 0 Å². The molecule has 1 unspecified atom stereocenters. The number of carbonyl (C=O) groups excluding carboxylic acids is 1. The molecule has 1 aromatic heterocycles. The van der Waals surface area contributed by atoms with Gasteiger partial charge in [-0.05, 0) is 43.0 Å². The van der Waals surface area contributed by atoms with Crippen LogP contribution < -0.4 is 10.6 Å². The second kappa shape index (κ2) is 5.82. The lowest BCUT2D eigenvalue weighted by Crippen LogP contribution is -2.28. The SMILES string of the molecule is O=C(/C=C/c1cccs1)NCC1CCNC1. The minimum atomic E-state index is 0.000278. The summed E-state index contributed by atoms with van der Waals surface area (Å²) in [6.07, 6.45) is 4.62. The Kier molecular flexibility index (Phi) is 4.13. The number of thiophene rings is 1. The lowest BCUT2D eigenvalue weighted by molar-refractivity contribution is -0.116. The van der Waals surface area contributed by atoms with Gasteiger partial charge in [0.2, 0.25) is 5.91 Å². The van der Waals surface area contributed by atoms with Crippen LogP contribution >= 0.6 is 11.3 Å². The van der Waals surface area contributed by atoms with Crippen LogP contribution in [0, 0.1) is 5.92 Å². The van der Waals surface area contributed by atoms with Crippen LogP contribution in [0.15, 0.2) is 23.6 Å². The molecular formula is C12H16N2OS. The van der Waals surface area contributed by atoms with Gasteiger partial charge in [-0.3, -0.25) is 4.79 Å². The predicted molar refractivity (Wildman–Crippen MR) is 67.3 cm³/mol. The van der Waals surface area contributed by atoms with E-state index in [2.05, 4.69) is 10.6 Å². The zero-order chi connectivity index (χ0) is 11.2. The van der Waals surface area contributed by atoms with Crippen molar-refractivity contribution in [2.75, 3.05) is 19.6 Å². The summed E-state index contributed by atoms with van der Waals surface area (Å²) in [5, 5.41) is 8.21. The molecule has 0 aromatic carbocycles. The summed E-state index contributed by atoms with van der Waals surface area (Å²) in [5.41, 5.74) is 0. The molecule has 2 rings (SSSR count). The van der Waals surface area contributed by atoms with Crippen molar-refractivity contribution in [1.82, 2.24) is 10.6 Å². The van der Waals surface area contributed by atoms with Crippen molar-refractivity contribution in [3.05, 3.63) is 28.5 Å². The van der Waals surface area contributed by atoms with Crippen molar-refractivity contribution in [2.24, 2.45) is 5.92 Å². The van der Waals surface area contributed by atoms with Gasteiger partial charge in [0, 0.05) is 17.5 Å². The molecule has 1 aromatic rings. The van der Waals surface area contributed by atoms with Crippen LogP contribution in [0.25, 0.3) is 6.08 Å². The highest BCUT2D eigenvalue weighted by Gasteiger charge is 2.14. The fourth-order valence-electron chi connectivity index (χ4n) is 1.74. The Labute approximate surface area is 99.6 Å². The van der Waals surface area contributed by atoms with Crippen molar-refractivity contribution in [3.63, 3.8) is 0 Å². The molecule has 0 radical (unpaired) electrons. The fourth-order valence-corrected chi connectivity index (χ4v) is 2.35. The summed E-state index contributed by atoms with van der Waals surface area (Å²) in [5.74, 6) is 0.597. The van der Waals surface area contributed by atoms with Crippen LogP contribution in [0.1, 0.15) is 11.3 Å².